The molecule has 5 nitrogen and oxygen atoms in total. The lowest BCUT2D eigenvalue weighted by molar-refractivity contribution is 0.275. The van der Waals surface area contributed by atoms with E-state index in [1.807, 2.05) is 0 Å². The summed E-state index contributed by atoms with van der Waals surface area (Å²) in [5.74, 6) is 0. The van der Waals surface area contributed by atoms with Crippen molar-refractivity contribution in [1.82, 2.24) is 8.61 Å². The first-order chi connectivity index (χ1) is 9.03. The van der Waals surface area contributed by atoms with Crippen molar-refractivity contribution in [2.45, 2.75) is 51.0 Å². The third kappa shape index (κ3) is 3.45. The molecule has 2 aliphatic heterocycles. The van der Waals surface area contributed by atoms with E-state index in [1.165, 1.54) is 4.31 Å². The predicted octanol–water partition coefficient (Wildman–Crippen LogP) is 1.25. The Kier molecular flexibility index (Phi) is 5.16. The highest BCUT2D eigenvalue weighted by Crippen LogP contribution is 2.24. The van der Waals surface area contributed by atoms with E-state index in [2.05, 4.69) is 0 Å². The van der Waals surface area contributed by atoms with Crippen LogP contribution in [0.15, 0.2) is 0 Å². The summed E-state index contributed by atoms with van der Waals surface area (Å²) < 4.78 is 28.6. The molecule has 0 aromatic heterocycles. The monoisotopic (exact) mass is 305 g/mol. The lowest BCUT2D eigenvalue weighted by atomic mass is 10.1. The molecule has 2 aliphatic rings. The van der Waals surface area contributed by atoms with Crippen LogP contribution in [0.5, 0.6) is 0 Å². The van der Waals surface area contributed by atoms with Crippen molar-refractivity contribution >= 4 is 27.4 Å². The zero-order chi connectivity index (χ0) is 13.9. The maximum Gasteiger partial charge on any atom is 0.282 e. The van der Waals surface area contributed by atoms with Gasteiger partial charge in [0.1, 0.15) is 0 Å². The smallest absolute Gasteiger partial charge is 0.282 e. The van der Waals surface area contributed by atoms with Gasteiger partial charge in [-0.25, -0.2) is 0 Å². The van der Waals surface area contributed by atoms with E-state index in [9.17, 15) is 8.42 Å². The molecule has 0 aliphatic carbocycles. The minimum absolute atomic E-state index is 0.294. The molecule has 0 bridgehead atoms. The van der Waals surface area contributed by atoms with Gasteiger partial charge >= 0.3 is 0 Å². The van der Waals surface area contributed by atoms with E-state index in [1.54, 1.807) is 4.31 Å². The molecule has 110 valence electrons. The maximum absolute atomic E-state index is 12.7. The quantitative estimate of drug-likeness (QED) is 0.797. The lowest BCUT2D eigenvalue weighted by Gasteiger charge is -2.37. The summed E-state index contributed by atoms with van der Waals surface area (Å²) in [4.78, 5) is 0.304. The van der Waals surface area contributed by atoms with Crippen LogP contribution in [0, 0.1) is 0 Å². The number of piperidine rings is 1. The predicted molar refractivity (Wildman–Crippen MR) is 80.1 cm³/mol. The Morgan fingerprint density at radius 3 is 2.16 bits per heavy atom. The molecular weight excluding hydrogens is 282 g/mol. The van der Waals surface area contributed by atoms with Crippen molar-refractivity contribution in [3.8, 4) is 0 Å². The van der Waals surface area contributed by atoms with Gasteiger partial charge in [0, 0.05) is 19.6 Å². The molecule has 0 saturated carbocycles. The van der Waals surface area contributed by atoms with E-state index in [0.717, 1.165) is 44.9 Å². The van der Waals surface area contributed by atoms with Crippen LogP contribution in [-0.4, -0.2) is 47.7 Å². The fourth-order valence-corrected chi connectivity index (χ4v) is 5.11. The third-order valence-corrected chi connectivity index (χ3v) is 6.29. The molecule has 0 aromatic carbocycles. The summed E-state index contributed by atoms with van der Waals surface area (Å²) in [7, 11) is -3.40. The summed E-state index contributed by atoms with van der Waals surface area (Å²) >= 11 is 5.04. The van der Waals surface area contributed by atoms with Crippen LogP contribution in [0.2, 0.25) is 0 Å². The fourth-order valence-electron chi connectivity index (χ4n) is 2.89. The largest absolute Gasteiger partial charge is 0.392 e. The van der Waals surface area contributed by atoms with E-state index < -0.39 is 10.2 Å². The highest BCUT2D eigenvalue weighted by molar-refractivity contribution is 7.87. The number of thiocarbonyl (C=S) groups is 1. The number of nitrogens with zero attached hydrogens (tertiary/aromatic N) is 2. The average molecular weight is 305 g/mol. The Morgan fingerprint density at radius 2 is 1.58 bits per heavy atom. The molecule has 7 heteroatoms. The molecule has 0 radical (unpaired) electrons. The SMILES string of the molecule is NC(=S)C1CCCCN1S(=O)(=O)N1CCCCCC1. The van der Waals surface area contributed by atoms with Gasteiger partial charge in [-0.05, 0) is 25.7 Å². The molecule has 0 amide bonds. The number of hydrogen-bond donors (Lipinski definition) is 1. The molecule has 2 N–H and O–H groups in total. The van der Waals surface area contributed by atoms with Crippen LogP contribution >= 0.6 is 12.2 Å². The minimum atomic E-state index is -3.40. The van der Waals surface area contributed by atoms with Gasteiger partial charge < -0.3 is 5.73 Å². The zero-order valence-corrected chi connectivity index (χ0v) is 12.9. The van der Waals surface area contributed by atoms with Crippen molar-refractivity contribution in [2.24, 2.45) is 5.73 Å². The lowest BCUT2D eigenvalue weighted by Crippen LogP contribution is -2.54. The second-order valence-corrected chi connectivity index (χ2v) is 7.70. The van der Waals surface area contributed by atoms with Gasteiger partial charge in [0.15, 0.2) is 0 Å². The first kappa shape index (κ1) is 15.2. The Balaban J connectivity index is 2.18. The fraction of sp³-hybridized carbons (Fsp3) is 0.917. The van der Waals surface area contributed by atoms with E-state index >= 15 is 0 Å². The van der Waals surface area contributed by atoms with Crippen molar-refractivity contribution < 1.29 is 8.42 Å². The first-order valence-electron chi connectivity index (χ1n) is 7.10. The van der Waals surface area contributed by atoms with Crippen LogP contribution < -0.4 is 5.73 Å². The topological polar surface area (TPSA) is 66.6 Å². The van der Waals surface area contributed by atoms with Gasteiger partial charge in [-0.2, -0.15) is 17.0 Å². The molecule has 2 heterocycles. The molecule has 2 fully saturated rings. The molecule has 2 saturated heterocycles. The Labute approximate surface area is 121 Å². The Hall–Kier alpha value is -0.240. The average Bonchev–Trinajstić information content (AvgIpc) is 2.68. The standard InChI is InChI=1S/C12H23N3O2S2/c13-12(18)11-7-3-6-10-15(11)19(16,17)14-8-4-1-2-5-9-14/h11H,1-10H2,(H2,13,18). The molecule has 2 rings (SSSR count). The second kappa shape index (κ2) is 6.47. The van der Waals surface area contributed by atoms with Crippen molar-refractivity contribution in [3.63, 3.8) is 0 Å². The van der Waals surface area contributed by atoms with Gasteiger partial charge in [-0.15, -0.1) is 0 Å². The third-order valence-electron chi connectivity index (χ3n) is 3.97. The molecule has 1 atom stereocenters. The molecular formula is C12H23N3O2S2. The normalized spacial score (nSPS) is 27.9. The molecule has 19 heavy (non-hydrogen) atoms. The Bertz CT molecular complexity index is 417. The van der Waals surface area contributed by atoms with Gasteiger partial charge in [0.25, 0.3) is 10.2 Å². The zero-order valence-electron chi connectivity index (χ0n) is 11.3. The van der Waals surface area contributed by atoms with Crippen molar-refractivity contribution in [2.75, 3.05) is 19.6 Å². The number of nitrogens with two attached hydrogens (primary N) is 1. The van der Waals surface area contributed by atoms with Gasteiger partial charge in [-0.3, -0.25) is 0 Å². The van der Waals surface area contributed by atoms with Crippen molar-refractivity contribution in [3.05, 3.63) is 0 Å². The summed E-state index contributed by atoms with van der Waals surface area (Å²) in [6.45, 7) is 1.80. The van der Waals surface area contributed by atoms with Crippen LogP contribution in [0.25, 0.3) is 0 Å². The van der Waals surface area contributed by atoms with Crippen LogP contribution in [0.3, 0.4) is 0 Å². The van der Waals surface area contributed by atoms with E-state index in [0.29, 0.717) is 24.6 Å². The Morgan fingerprint density at radius 1 is 1.00 bits per heavy atom. The van der Waals surface area contributed by atoms with E-state index in [4.69, 9.17) is 18.0 Å². The van der Waals surface area contributed by atoms with Gasteiger partial charge in [-0.1, -0.05) is 31.5 Å². The molecule has 0 aromatic rings. The summed E-state index contributed by atoms with van der Waals surface area (Å²) in [6.07, 6.45) is 6.77. The highest BCUT2D eigenvalue weighted by Gasteiger charge is 2.37. The van der Waals surface area contributed by atoms with Crippen molar-refractivity contribution in [1.29, 1.82) is 0 Å². The summed E-state index contributed by atoms with van der Waals surface area (Å²) in [5.41, 5.74) is 5.72. The summed E-state index contributed by atoms with van der Waals surface area (Å²) in [5, 5.41) is 0. The van der Waals surface area contributed by atoms with E-state index in [-0.39, 0.29) is 6.04 Å². The minimum Gasteiger partial charge on any atom is -0.392 e. The first-order valence-corrected chi connectivity index (χ1v) is 8.90. The van der Waals surface area contributed by atoms with Crippen LogP contribution in [-0.2, 0) is 10.2 Å². The number of rotatable bonds is 3. The second-order valence-electron chi connectivity index (χ2n) is 5.35. The van der Waals surface area contributed by atoms with Crippen LogP contribution in [0.1, 0.15) is 44.9 Å². The maximum atomic E-state index is 12.7. The highest BCUT2D eigenvalue weighted by atomic mass is 32.2. The number of hydrogen-bond acceptors (Lipinski definition) is 3. The summed E-state index contributed by atoms with van der Waals surface area (Å²) in [6, 6.07) is -0.294. The molecule has 1 unspecified atom stereocenters. The molecule has 0 spiro atoms. The van der Waals surface area contributed by atoms with Gasteiger partial charge in [0.2, 0.25) is 0 Å². The van der Waals surface area contributed by atoms with Crippen LogP contribution in [0.4, 0.5) is 0 Å². The van der Waals surface area contributed by atoms with Gasteiger partial charge in [0.05, 0.1) is 11.0 Å².